The first-order valence-electron chi connectivity index (χ1n) is 12.8. The molecular formula is C31H35NO5S. The fraction of sp³-hybridized carbons (Fsp3) is 0.323. The van der Waals surface area contributed by atoms with Gasteiger partial charge in [-0.2, -0.15) is 0 Å². The third kappa shape index (κ3) is 6.91. The Morgan fingerprint density at radius 3 is 2.39 bits per heavy atom. The van der Waals surface area contributed by atoms with Gasteiger partial charge in [0.25, 0.3) is 0 Å². The van der Waals surface area contributed by atoms with E-state index in [2.05, 4.69) is 30.5 Å². The Morgan fingerprint density at radius 2 is 1.76 bits per heavy atom. The number of rotatable bonds is 11. The molecule has 7 heteroatoms. The van der Waals surface area contributed by atoms with Crippen molar-refractivity contribution < 1.29 is 23.1 Å². The van der Waals surface area contributed by atoms with Gasteiger partial charge in [0.15, 0.2) is 9.84 Å². The van der Waals surface area contributed by atoms with Crippen LogP contribution in [0.1, 0.15) is 60.4 Å². The van der Waals surface area contributed by atoms with Gasteiger partial charge in [-0.25, -0.2) is 8.42 Å². The summed E-state index contributed by atoms with van der Waals surface area (Å²) in [6.07, 6.45) is 5.04. The monoisotopic (exact) mass is 533 g/mol. The van der Waals surface area contributed by atoms with E-state index in [1.165, 1.54) is 11.8 Å². The Bertz CT molecular complexity index is 1370. The van der Waals surface area contributed by atoms with Gasteiger partial charge in [0.2, 0.25) is 0 Å². The zero-order chi connectivity index (χ0) is 27.3. The average molecular weight is 534 g/mol. The van der Waals surface area contributed by atoms with Crippen molar-refractivity contribution in [2.45, 2.75) is 62.2 Å². The van der Waals surface area contributed by atoms with Crippen LogP contribution in [-0.2, 0) is 27.8 Å². The fourth-order valence-corrected chi connectivity index (χ4v) is 5.76. The predicted molar refractivity (Wildman–Crippen MR) is 149 cm³/mol. The van der Waals surface area contributed by atoms with Gasteiger partial charge in [-0.15, -0.1) is 6.58 Å². The van der Waals surface area contributed by atoms with Gasteiger partial charge in [0.05, 0.1) is 11.3 Å². The second-order valence-electron chi connectivity index (χ2n) is 10.1. The average Bonchev–Trinajstić information content (AvgIpc) is 3.26. The molecule has 4 rings (SSSR count). The highest BCUT2D eigenvalue weighted by atomic mass is 32.2. The van der Waals surface area contributed by atoms with E-state index in [9.17, 15) is 13.2 Å². The van der Waals surface area contributed by atoms with Gasteiger partial charge in [0.1, 0.15) is 12.4 Å². The number of hydrogen-bond donors (Lipinski definition) is 1. The van der Waals surface area contributed by atoms with Crippen molar-refractivity contribution in [1.29, 1.82) is 0 Å². The summed E-state index contributed by atoms with van der Waals surface area (Å²) in [5.41, 5.74) is 4.32. The number of nitrogens with zero attached hydrogens (tertiary/aromatic N) is 1. The van der Waals surface area contributed by atoms with E-state index in [-0.39, 0.29) is 18.4 Å². The minimum atomic E-state index is -3.21. The van der Waals surface area contributed by atoms with Crippen molar-refractivity contribution in [2.75, 3.05) is 6.26 Å². The maximum atomic E-state index is 11.8. The Labute approximate surface area is 225 Å². The Balaban J connectivity index is 1.40. The number of carboxylic acid groups (broad SMARTS) is 1. The van der Waals surface area contributed by atoms with Crippen molar-refractivity contribution in [1.82, 2.24) is 4.90 Å². The van der Waals surface area contributed by atoms with Crippen LogP contribution in [0.5, 0.6) is 5.75 Å². The number of ether oxygens (including phenoxy) is 1. The van der Waals surface area contributed by atoms with Crippen LogP contribution in [0.3, 0.4) is 0 Å². The predicted octanol–water partition coefficient (Wildman–Crippen LogP) is 6.14. The molecule has 0 saturated carbocycles. The van der Waals surface area contributed by atoms with Crippen molar-refractivity contribution in [2.24, 2.45) is 0 Å². The molecule has 0 aromatic heterocycles. The van der Waals surface area contributed by atoms with Crippen LogP contribution in [0.15, 0.2) is 90.3 Å². The van der Waals surface area contributed by atoms with Crippen molar-refractivity contribution >= 4 is 15.8 Å². The molecular weight excluding hydrogens is 498 g/mol. The number of carbonyl (C=O) groups is 1. The molecule has 1 N–H and O–H groups in total. The number of likely N-dealkylation sites (tertiary alicyclic amines) is 1. The standard InChI is InChI=1S/C31H35NO5S/c1-4-25(19-31(33)34)26-9-13-28(14-10-26)37-21-24-7-5-6-23(18-24)20-32-22(2)8-17-30(32)27-11-15-29(16-12-27)38(3,35)36/h4-7,9-16,18,22,25,30H,1,8,17,19-21H2,2-3H3,(H,33,34)/t22?,25-,30?/m0/s1. The van der Waals surface area contributed by atoms with Crippen molar-refractivity contribution in [3.8, 4) is 5.75 Å². The minimum absolute atomic E-state index is 0.0128. The first kappa shape index (κ1) is 27.6. The maximum Gasteiger partial charge on any atom is 0.304 e. The van der Waals surface area contributed by atoms with Crippen LogP contribution in [0.4, 0.5) is 0 Å². The lowest BCUT2D eigenvalue weighted by atomic mass is 9.96. The van der Waals surface area contributed by atoms with Gasteiger partial charge >= 0.3 is 5.97 Å². The van der Waals surface area contributed by atoms with Crippen molar-refractivity contribution in [3.05, 3.63) is 108 Å². The smallest absolute Gasteiger partial charge is 0.304 e. The molecule has 0 aliphatic carbocycles. The first-order valence-corrected chi connectivity index (χ1v) is 14.7. The van der Waals surface area contributed by atoms with Gasteiger partial charge in [0, 0.05) is 30.8 Å². The zero-order valence-electron chi connectivity index (χ0n) is 21.9. The Hall–Kier alpha value is -3.42. The van der Waals surface area contributed by atoms with Crippen LogP contribution >= 0.6 is 0 Å². The summed E-state index contributed by atoms with van der Waals surface area (Å²) in [5.74, 6) is -0.356. The first-order chi connectivity index (χ1) is 18.1. The normalized spacial score (nSPS) is 18.7. The highest BCUT2D eigenvalue weighted by Crippen LogP contribution is 2.37. The van der Waals surface area contributed by atoms with E-state index >= 15 is 0 Å². The van der Waals surface area contributed by atoms with Gasteiger partial charge < -0.3 is 9.84 Å². The van der Waals surface area contributed by atoms with E-state index in [1.54, 1.807) is 18.2 Å². The van der Waals surface area contributed by atoms with Gasteiger partial charge in [-0.3, -0.25) is 9.69 Å². The molecule has 0 bridgehead atoms. The summed E-state index contributed by atoms with van der Waals surface area (Å²) in [6, 6.07) is 23.9. The summed E-state index contributed by atoms with van der Waals surface area (Å²) in [6.45, 7) is 7.23. The molecule has 200 valence electrons. The molecule has 3 atom stereocenters. The zero-order valence-corrected chi connectivity index (χ0v) is 22.7. The third-order valence-corrected chi connectivity index (χ3v) is 8.40. The van der Waals surface area contributed by atoms with Crippen molar-refractivity contribution in [3.63, 3.8) is 0 Å². The van der Waals surface area contributed by atoms with E-state index < -0.39 is 15.8 Å². The number of hydrogen-bond acceptors (Lipinski definition) is 5. The molecule has 0 spiro atoms. The van der Waals surface area contributed by atoms with Gasteiger partial charge in [-0.1, -0.05) is 54.6 Å². The number of allylic oxidation sites excluding steroid dienone is 1. The van der Waals surface area contributed by atoms with Crippen LogP contribution in [0, 0.1) is 0 Å². The summed E-state index contributed by atoms with van der Waals surface area (Å²) >= 11 is 0. The molecule has 38 heavy (non-hydrogen) atoms. The van der Waals surface area contributed by atoms with Crippen LogP contribution in [0.2, 0.25) is 0 Å². The van der Waals surface area contributed by atoms with E-state index in [1.807, 2.05) is 48.5 Å². The molecule has 6 nitrogen and oxygen atoms in total. The van der Waals surface area contributed by atoms with E-state index in [4.69, 9.17) is 9.84 Å². The lowest BCUT2D eigenvalue weighted by Gasteiger charge is -2.29. The SMILES string of the molecule is C=C[C@@H](CC(=O)O)c1ccc(OCc2cccc(CN3C(C)CCC3c3ccc(S(C)(=O)=O)cc3)c2)cc1. The molecule has 1 aliphatic rings. The molecule has 1 saturated heterocycles. The molecule has 1 fully saturated rings. The molecule has 3 aromatic rings. The fourth-order valence-electron chi connectivity index (χ4n) is 5.13. The number of carboxylic acids is 1. The summed E-state index contributed by atoms with van der Waals surface area (Å²) in [7, 11) is -3.21. The molecule has 1 heterocycles. The van der Waals surface area contributed by atoms with E-state index in [0.717, 1.165) is 41.8 Å². The summed E-state index contributed by atoms with van der Waals surface area (Å²) < 4.78 is 29.7. The largest absolute Gasteiger partial charge is 0.489 e. The molecule has 0 radical (unpaired) electrons. The lowest BCUT2D eigenvalue weighted by Crippen LogP contribution is -2.29. The molecule has 1 aliphatic heterocycles. The number of benzene rings is 3. The maximum absolute atomic E-state index is 11.8. The topological polar surface area (TPSA) is 83.9 Å². The molecule has 2 unspecified atom stereocenters. The quantitative estimate of drug-likeness (QED) is 0.298. The minimum Gasteiger partial charge on any atom is -0.489 e. The third-order valence-electron chi connectivity index (χ3n) is 7.27. The highest BCUT2D eigenvalue weighted by Gasteiger charge is 2.31. The van der Waals surface area contributed by atoms with E-state index in [0.29, 0.717) is 17.5 Å². The van der Waals surface area contributed by atoms with Crippen LogP contribution in [-0.4, -0.2) is 36.7 Å². The number of aliphatic carboxylic acids is 1. The summed E-state index contributed by atoms with van der Waals surface area (Å²) in [5, 5.41) is 9.08. The number of sulfone groups is 1. The van der Waals surface area contributed by atoms with Crippen LogP contribution < -0.4 is 4.74 Å². The highest BCUT2D eigenvalue weighted by molar-refractivity contribution is 7.90. The molecule has 3 aromatic carbocycles. The summed E-state index contributed by atoms with van der Waals surface area (Å²) in [4.78, 5) is 13.9. The molecule has 0 amide bonds. The van der Waals surface area contributed by atoms with Crippen LogP contribution in [0.25, 0.3) is 0 Å². The Morgan fingerprint density at radius 1 is 1.08 bits per heavy atom. The van der Waals surface area contributed by atoms with Gasteiger partial charge in [-0.05, 0) is 66.3 Å². The Kier molecular flexibility index (Phi) is 8.69. The second-order valence-corrected chi connectivity index (χ2v) is 12.1. The lowest BCUT2D eigenvalue weighted by molar-refractivity contribution is -0.137. The second kappa shape index (κ2) is 12.0.